The van der Waals surface area contributed by atoms with Gasteiger partial charge in [0.25, 0.3) is 0 Å². The molecule has 0 amide bonds. The molecule has 1 aliphatic carbocycles. The summed E-state index contributed by atoms with van der Waals surface area (Å²) in [5, 5.41) is 0. The van der Waals surface area contributed by atoms with Crippen LogP contribution >= 0.6 is 0 Å². The van der Waals surface area contributed by atoms with E-state index >= 15 is 0 Å². The SMILES string of the molecule is CC(C)(C)c1cncc(C#CC2CC2)c1. The first-order valence-corrected chi connectivity index (χ1v) is 5.53. The molecule has 0 atom stereocenters. The molecule has 1 aliphatic rings. The van der Waals surface area contributed by atoms with Gasteiger partial charge in [0.15, 0.2) is 0 Å². The van der Waals surface area contributed by atoms with E-state index in [9.17, 15) is 0 Å². The van der Waals surface area contributed by atoms with E-state index in [1.165, 1.54) is 18.4 Å². The quantitative estimate of drug-likeness (QED) is 0.585. The van der Waals surface area contributed by atoms with Crippen LogP contribution in [0.25, 0.3) is 0 Å². The number of hydrogen-bond acceptors (Lipinski definition) is 1. The normalized spacial score (nSPS) is 15.7. The Balaban J connectivity index is 2.23. The fourth-order valence-electron chi connectivity index (χ4n) is 1.33. The van der Waals surface area contributed by atoms with Crippen LogP contribution in [-0.2, 0) is 5.41 Å². The average Bonchev–Trinajstić information content (AvgIpc) is 2.97. The minimum Gasteiger partial charge on any atom is -0.263 e. The molecule has 0 bridgehead atoms. The van der Waals surface area contributed by atoms with E-state index in [2.05, 4.69) is 43.7 Å². The first kappa shape index (κ1) is 10.2. The fourth-order valence-corrected chi connectivity index (χ4v) is 1.33. The summed E-state index contributed by atoms with van der Waals surface area (Å²) in [6.45, 7) is 6.59. The smallest absolute Gasteiger partial charge is 0.0431 e. The Morgan fingerprint density at radius 2 is 2.00 bits per heavy atom. The third-order valence-corrected chi connectivity index (χ3v) is 2.60. The molecule has 1 saturated carbocycles. The summed E-state index contributed by atoms with van der Waals surface area (Å²) in [7, 11) is 0. The summed E-state index contributed by atoms with van der Waals surface area (Å²) in [4.78, 5) is 4.25. The van der Waals surface area contributed by atoms with Crippen molar-refractivity contribution in [1.82, 2.24) is 4.98 Å². The molecule has 78 valence electrons. The first-order valence-electron chi connectivity index (χ1n) is 5.53. The second-order valence-corrected chi connectivity index (χ2v) is 5.26. The molecule has 2 rings (SSSR count). The van der Waals surface area contributed by atoms with Gasteiger partial charge in [0.05, 0.1) is 0 Å². The monoisotopic (exact) mass is 199 g/mol. The highest BCUT2D eigenvalue weighted by Gasteiger charge is 2.18. The Bertz CT molecular complexity index is 411. The summed E-state index contributed by atoms with van der Waals surface area (Å²) < 4.78 is 0. The average molecular weight is 199 g/mol. The molecule has 0 N–H and O–H groups in total. The van der Waals surface area contributed by atoms with Gasteiger partial charge in [-0.3, -0.25) is 4.98 Å². The predicted molar refractivity (Wildman–Crippen MR) is 62.5 cm³/mol. The minimum atomic E-state index is 0.157. The highest BCUT2D eigenvalue weighted by Crippen LogP contribution is 2.27. The topological polar surface area (TPSA) is 12.9 Å². The Morgan fingerprint density at radius 3 is 2.60 bits per heavy atom. The first-order chi connectivity index (χ1) is 7.05. The lowest BCUT2D eigenvalue weighted by Crippen LogP contribution is -2.11. The summed E-state index contributed by atoms with van der Waals surface area (Å²) in [6.07, 6.45) is 6.34. The molecular formula is C14H17N. The molecule has 0 saturated heterocycles. The van der Waals surface area contributed by atoms with Crippen molar-refractivity contribution in [2.45, 2.75) is 39.0 Å². The van der Waals surface area contributed by atoms with Crippen molar-refractivity contribution in [3.8, 4) is 11.8 Å². The molecule has 1 heterocycles. The van der Waals surface area contributed by atoms with Crippen LogP contribution < -0.4 is 0 Å². The molecule has 1 heteroatoms. The van der Waals surface area contributed by atoms with Gasteiger partial charge in [-0.05, 0) is 29.9 Å². The predicted octanol–water partition coefficient (Wildman–Crippen LogP) is 3.14. The van der Waals surface area contributed by atoms with Crippen LogP contribution in [0.15, 0.2) is 18.5 Å². The number of hydrogen-bond donors (Lipinski definition) is 0. The maximum absolute atomic E-state index is 4.25. The van der Waals surface area contributed by atoms with Gasteiger partial charge in [0.1, 0.15) is 0 Å². The van der Waals surface area contributed by atoms with E-state index in [0.29, 0.717) is 5.92 Å². The van der Waals surface area contributed by atoms with Gasteiger partial charge in [0, 0.05) is 23.9 Å². The van der Waals surface area contributed by atoms with Gasteiger partial charge < -0.3 is 0 Å². The Labute approximate surface area is 91.9 Å². The molecule has 15 heavy (non-hydrogen) atoms. The third-order valence-electron chi connectivity index (χ3n) is 2.60. The maximum Gasteiger partial charge on any atom is 0.0431 e. The van der Waals surface area contributed by atoms with Crippen molar-refractivity contribution in [2.24, 2.45) is 5.92 Å². The van der Waals surface area contributed by atoms with E-state index in [0.717, 1.165) is 5.56 Å². The van der Waals surface area contributed by atoms with Crippen molar-refractivity contribution in [1.29, 1.82) is 0 Å². The van der Waals surface area contributed by atoms with Gasteiger partial charge in [0.2, 0.25) is 0 Å². The summed E-state index contributed by atoms with van der Waals surface area (Å²) in [5.41, 5.74) is 2.46. The molecule has 1 nitrogen and oxygen atoms in total. The van der Waals surface area contributed by atoms with Crippen LogP contribution in [0.5, 0.6) is 0 Å². The largest absolute Gasteiger partial charge is 0.263 e. The standard InChI is InChI=1S/C14H17N/c1-14(2,3)13-8-12(9-15-10-13)7-6-11-4-5-11/h8-11H,4-5H2,1-3H3. The molecule has 1 fully saturated rings. The van der Waals surface area contributed by atoms with Gasteiger partial charge >= 0.3 is 0 Å². The van der Waals surface area contributed by atoms with Crippen LogP contribution in [0.2, 0.25) is 0 Å². The molecular weight excluding hydrogens is 182 g/mol. The fraction of sp³-hybridized carbons (Fsp3) is 0.500. The Kier molecular flexibility index (Phi) is 2.52. The number of nitrogens with zero attached hydrogens (tertiary/aromatic N) is 1. The summed E-state index contributed by atoms with van der Waals surface area (Å²) >= 11 is 0. The van der Waals surface area contributed by atoms with Gasteiger partial charge in [-0.25, -0.2) is 0 Å². The Hall–Kier alpha value is -1.29. The lowest BCUT2D eigenvalue weighted by atomic mass is 9.88. The van der Waals surface area contributed by atoms with E-state index < -0.39 is 0 Å². The molecule has 0 spiro atoms. The molecule has 1 aromatic rings. The second-order valence-electron chi connectivity index (χ2n) is 5.26. The summed E-state index contributed by atoms with van der Waals surface area (Å²) in [5.74, 6) is 7.12. The van der Waals surface area contributed by atoms with E-state index in [4.69, 9.17) is 0 Å². The number of aromatic nitrogens is 1. The molecule has 1 aromatic heterocycles. The van der Waals surface area contributed by atoms with Crippen LogP contribution in [0.1, 0.15) is 44.7 Å². The van der Waals surface area contributed by atoms with Crippen molar-refractivity contribution in [3.63, 3.8) is 0 Å². The number of rotatable bonds is 0. The highest BCUT2D eigenvalue weighted by molar-refractivity contribution is 5.37. The zero-order valence-electron chi connectivity index (χ0n) is 9.67. The molecule has 0 radical (unpaired) electrons. The van der Waals surface area contributed by atoms with Crippen molar-refractivity contribution < 1.29 is 0 Å². The van der Waals surface area contributed by atoms with Crippen LogP contribution in [-0.4, -0.2) is 4.98 Å². The highest BCUT2D eigenvalue weighted by atomic mass is 14.6. The molecule has 0 aromatic carbocycles. The maximum atomic E-state index is 4.25. The molecule has 0 unspecified atom stereocenters. The van der Waals surface area contributed by atoms with Crippen LogP contribution in [0, 0.1) is 17.8 Å². The lowest BCUT2D eigenvalue weighted by molar-refractivity contribution is 0.587. The minimum absolute atomic E-state index is 0.157. The Morgan fingerprint density at radius 1 is 1.27 bits per heavy atom. The van der Waals surface area contributed by atoms with Crippen molar-refractivity contribution >= 4 is 0 Å². The van der Waals surface area contributed by atoms with Gasteiger partial charge in [-0.15, -0.1) is 0 Å². The van der Waals surface area contributed by atoms with E-state index in [1.54, 1.807) is 0 Å². The van der Waals surface area contributed by atoms with Crippen molar-refractivity contribution in [2.75, 3.05) is 0 Å². The van der Waals surface area contributed by atoms with Crippen LogP contribution in [0.3, 0.4) is 0 Å². The number of pyridine rings is 1. The second kappa shape index (κ2) is 3.70. The van der Waals surface area contributed by atoms with E-state index in [1.807, 2.05) is 12.4 Å². The molecule has 0 aliphatic heterocycles. The van der Waals surface area contributed by atoms with Gasteiger partial charge in [-0.2, -0.15) is 0 Å². The van der Waals surface area contributed by atoms with E-state index in [-0.39, 0.29) is 5.41 Å². The van der Waals surface area contributed by atoms with Crippen LogP contribution in [0.4, 0.5) is 0 Å². The zero-order chi connectivity index (χ0) is 10.9. The zero-order valence-corrected chi connectivity index (χ0v) is 9.67. The third kappa shape index (κ3) is 2.83. The summed E-state index contributed by atoms with van der Waals surface area (Å²) in [6, 6.07) is 2.16. The van der Waals surface area contributed by atoms with Gasteiger partial charge in [-0.1, -0.05) is 32.6 Å². The van der Waals surface area contributed by atoms with Crippen molar-refractivity contribution in [3.05, 3.63) is 29.6 Å². The lowest BCUT2D eigenvalue weighted by Gasteiger charge is -2.18.